The molecule has 0 saturated carbocycles. The number of hydrogen-bond donors (Lipinski definition) is 1. The molecule has 168 valence electrons. The number of amides is 1. The first kappa shape index (κ1) is 24.2. The van der Waals surface area contributed by atoms with Crippen molar-refractivity contribution in [3.8, 4) is 11.5 Å². The molecule has 2 aromatic rings. The Morgan fingerprint density at radius 3 is 2.32 bits per heavy atom. The van der Waals surface area contributed by atoms with Crippen molar-refractivity contribution in [3.63, 3.8) is 0 Å². The van der Waals surface area contributed by atoms with Crippen LogP contribution in [-0.4, -0.2) is 36.3 Å². The molecular weight excluding hydrogens is 398 g/mol. The summed E-state index contributed by atoms with van der Waals surface area (Å²) in [4.78, 5) is 30.6. The number of hydroxylamine groups is 2. The zero-order valence-corrected chi connectivity index (χ0v) is 18.5. The van der Waals surface area contributed by atoms with Gasteiger partial charge in [-0.25, -0.2) is 5.06 Å². The first-order valence-electron chi connectivity index (χ1n) is 10.2. The smallest absolute Gasteiger partial charge is 0.307 e. The number of rotatable bonds is 12. The molecular formula is C24H31NO6. The molecule has 7 heteroatoms. The van der Waals surface area contributed by atoms with Gasteiger partial charge in [0.15, 0.2) is 0 Å². The monoisotopic (exact) mass is 429 g/mol. The van der Waals surface area contributed by atoms with Crippen LogP contribution in [0.5, 0.6) is 11.5 Å². The van der Waals surface area contributed by atoms with Crippen LogP contribution in [0.1, 0.15) is 37.8 Å². The van der Waals surface area contributed by atoms with E-state index in [0.29, 0.717) is 17.9 Å². The van der Waals surface area contributed by atoms with Crippen LogP contribution < -0.4 is 9.47 Å². The standard InChI is InChI=1S/C24H31NO6/c1-17(2)12-20(24(27)28)13-23(26)25(31-16-18-8-6-5-7-9-18)15-19-10-11-21(29-3)14-22(19)30-4/h5-11,14,17,20H,12-13,15-16H2,1-4H3,(H,27,28)/t20-/m1/s1. The SMILES string of the molecule is COc1ccc(CN(OCc2ccccc2)C(=O)C[C@@H](CC(C)C)C(=O)O)c(OC)c1. The van der Waals surface area contributed by atoms with Crippen LogP contribution in [0.15, 0.2) is 48.5 Å². The highest BCUT2D eigenvalue weighted by molar-refractivity contribution is 5.81. The lowest BCUT2D eigenvalue weighted by atomic mass is 9.94. The molecule has 1 atom stereocenters. The molecule has 2 aromatic carbocycles. The van der Waals surface area contributed by atoms with Crippen molar-refractivity contribution < 1.29 is 29.0 Å². The molecule has 7 nitrogen and oxygen atoms in total. The Hall–Kier alpha value is -3.06. The van der Waals surface area contributed by atoms with Gasteiger partial charge < -0.3 is 14.6 Å². The van der Waals surface area contributed by atoms with Crippen LogP contribution in [0, 0.1) is 11.8 Å². The van der Waals surface area contributed by atoms with Gasteiger partial charge in [0.2, 0.25) is 5.91 Å². The summed E-state index contributed by atoms with van der Waals surface area (Å²) < 4.78 is 10.7. The van der Waals surface area contributed by atoms with Crippen molar-refractivity contribution in [2.45, 2.75) is 39.8 Å². The number of aliphatic carboxylic acids is 1. The van der Waals surface area contributed by atoms with Gasteiger partial charge >= 0.3 is 5.97 Å². The third-order valence-corrected chi connectivity index (χ3v) is 4.84. The Balaban J connectivity index is 2.23. The Morgan fingerprint density at radius 1 is 1.03 bits per heavy atom. The number of benzene rings is 2. The van der Waals surface area contributed by atoms with E-state index in [1.807, 2.05) is 44.2 Å². The van der Waals surface area contributed by atoms with Gasteiger partial charge in [0.25, 0.3) is 0 Å². The number of carboxylic acids is 1. The quantitative estimate of drug-likeness (QED) is 0.506. The van der Waals surface area contributed by atoms with Crippen molar-refractivity contribution in [1.82, 2.24) is 5.06 Å². The lowest BCUT2D eigenvalue weighted by molar-refractivity contribution is -0.197. The van der Waals surface area contributed by atoms with Gasteiger partial charge in [0.1, 0.15) is 18.1 Å². The lowest BCUT2D eigenvalue weighted by Crippen LogP contribution is -2.34. The van der Waals surface area contributed by atoms with Gasteiger partial charge in [-0.3, -0.25) is 14.4 Å². The first-order valence-corrected chi connectivity index (χ1v) is 10.2. The summed E-state index contributed by atoms with van der Waals surface area (Å²) in [6, 6.07) is 14.8. The van der Waals surface area contributed by atoms with Crippen molar-refractivity contribution in [1.29, 1.82) is 0 Å². The van der Waals surface area contributed by atoms with Gasteiger partial charge in [-0.05, 0) is 30.0 Å². The van der Waals surface area contributed by atoms with Gasteiger partial charge in [-0.15, -0.1) is 0 Å². The van der Waals surface area contributed by atoms with Crippen molar-refractivity contribution in [3.05, 3.63) is 59.7 Å². The molecule has 2 rings (SSSR count). The summed E-state index contributed by atoms with van der Waals surface area (Å²) in [5.74, 6) is -0.791. The highest BCUT2D eigenvalue weighted by Crippen LogP contribution is 2.27. The molecule has 1 amide bonds. The molecule has 0 fully saturated rings. The molecule has 0 spiro atoms. The summed E-state index contributed by atoms with van der Waals surface area (Å²) in [5.41, 5.74) is 1.62. The Labute approximate surface area is 183 Å². The fourth-order valence-corrected chi connectivity index (χ4v) is 3.22. The van der Waals surface area contributed by atoms with E-state index < -0.39 is 11.9 Å². The molecule has 1 N–H and O–H groups in total. The van der Waals surface area contributed by atoms with E-state index in [2.05, 4.69) is 0 Å². The predicted octanol–water partition coefficient (Wildman–Crippen LogP) is 4.30. The summed E-state index contributed by atoms with van der Waals surface area (Å²) in [5, 5.41) is 10.8. The summed E-state index contributed by atoms with van der Waals surface area (Å²) >= 11 is 0. The topological polar surface area (TPSA) is 85.3 Å². The van der Waals surface area contributed by atoms with Crippen LogP contribution in [0.3, 0.4) is 0 Å². The van der Waals surface area contributed by atoms with Crippen molar-refractivity contribution in [2.75, 3.05) is 14.2 Å². The van der Waals surface area contributed by atoms with Crippen LogP contribution in [-0.2, 0) is 27.6 Å². The average Bonchev–Trinajstić information content (AvgIpc) is 2.76. The van der Waals surface area contributed by atoms with E-state index in [4.69, 9.17) is 14.3 Å². The van der Waals surface area contributed by atoms with Crippen molar-refractivity contribution in [2.24, 2.45) is 11.8 Å². The van der Waals surface area contributed by atoms with Crippen LogP contribution in [0.2, 0.25) is 0 Å². The molecule has 0 saturated heterocycles. The minimum atomic E-state index is -0.980. The minimum Gasteiger partial charge on any atom is -0.497 e. The van der Waals surface area contributed by atoms with Gasteiger partial charge in [-0.2, -0.15) is 0 Å². The second kappa shape index (κ2) is 12.0. The molecule has 0 unspecified atom stereocenters. The Bertz CT molecular complexity index is 852. The Kier molecular flexibility index (Phi) is 9.34. The second-order valence-electron chi connectivity index (χ2n) is 7.74. The van der Waals surface area contributed by atoms with E-state index in [0.717, 1.165) is 11.1 Å². The molecule has 0 aliphatic rings. The lowest BCUT2D eigenvalue weighted by Gasteiger charge is -2.25. The number of hydrogen-bond acceptors (Lipinski definition) is 5. The average molecular weight is 430 g/mol. The fourth-order valence-electron chi connectivity index (χ4n) is 3.22. The highest BCUT2D eigenvalue weighted by Gasteiger charge is 2.27. The third kappa shape index (κ3) is 7.61. The minimum absolute atomic E-state index is 0.118. The molecule has 31 heavy (non-hydrogen) atoms. The zero-order chi connectivity index (χ0) is 22.8. The van der Waals surface area contributed by atoms with Gasteiger partial charge in [0, 0.05) is 18.1 Å². The van der Waals surface area contributed by atoms with E-state index >= 15 is 0 Å². The maximum absolute atomic E-state index is 13.1. The maximum atomic E-state index is 13.1. The highest BCUT2D eigenvalue weighted by atomic mass is 16.7. The fraction of sp³-hybridized carbons (Fsp3) is 0.417. The van der Waals surface area contributed by atoms with E-state index in [1.165, 1.54) is 5.06 Å². The predicted molar refractivity (Wildman–Crippen MR) is 117 cm³/mol. The Morgan fingerprint density at radius 2 is 1.74 bits per heavy atom. The normalized spacial score (nSPS) is 11.8. The van der Waals surface area contributed by atoms with E-state index in [1.54, 1.807) is 32.4 Å². The van der Waals surface area contributed by atoms with E-state index in [9.17, 15) is 14.7 Å². The van der Waals surface area contributed by atoms with Gasteiger partial charge in [-0.1, -0.05) is 44.2 Å². The maximum Gasteiger partial charge on any atom is 0.307 e. The number of methoxy groups -OCH3 is 2. The number of carbonyl (C=O) groups is 2. The molecule has 0 aliphatic carbocycles. The summed E-state index contributed by atoms with van der Waals surface area (Å²) in [6.45, 7) is 4.18. The second-order valence-corrected chi connectivity index (χ2v) is 7.74. The largest absolute Gasteiger partial charge is 0.497 e. The first-order chi connectivity index (χ1) is 14.8. The summed E-state index contributed by atoms with van der Waals surface area (Å²) in [7, 11) is 3.10. The van der Waals surface area contributed by atoms with E-state index in [-0.39, 0.29) is 31.4 Å². The summed E-state index contributed by atoms with van der Waals surface area (Å²) in [6.07, 6.45) is 0.278. The number of carboxylic acid groups (broad SMARTS) is 1. The zero-order valence-electron chi connectivity index (χ0n) is 18.5. The molecule has 0 radical (unpaired) electrons. The number of nitrogens with zero attached hydrogens (tertiary/aromatic N) is 1. The molecule has 0 heterocycles. The van der Waals surface area contributed by atoms with Gasteiger partial charge in [0.05, 0.1) is 26.7 Å². The molecule has 0 bridgehead atoms. The van der Waals surface area contributed by atoms with Crippen LogP contribution >= 0.6 is 0 Å². The molecule has 0 aliphatic heterocycles. The van der Waals surface area contributed by atoms with Crippen molar-refractivity contribution >= 4 is 11.9 Å². The number of carbonyl (C=O) groups excluding carboxylic acids is 1. The molecule has 0 aromatic heterocycles. The van der Waals surface area contributed by atoms with Crippen LogP contribution in [0.25, 0.3) is 0 Å². The number of ether oxygens (including phenoxy) is 2. The van der Waals surface area contributed by atoms with Crippen LogP contribution in [0.4, 0.5) is 0 Å². The third-order valence-electron chi connectivity index (χ3n) is 4.84.